The van der Waals surface area contributed by atoms with Crippen LogP contribution >= 0.6 is 22.9 Å². The number of fused-ring (bicyclic) bond motifs is 1. The Labute approximate surface area is 142 Å². The van der Waals surface area contributed by atoms with Crippen molar-refractivity contribution in [1.82, 2.24) is 9.97 Å². The molecule has 0 saturated heterocycles. The number of esters is 1. The van der Waals surface area contributed by atoms with Gasteiger partial charge >= 0.3 is 5.97 Å². The van der Waals surface area contributed by atoms with Gasteiger partial charge in [0.1, 0.15) is 15.5 Å². The molecule has 0 radical (unpaired) electrons. The molecule has 23 heavy (non-hydrogen) atoms. The van der Waals surface area contributed by atoms with Crippen LogP contribution in [0.15, 0.2) is 24.3 Å². The predicted molar refractivity (Wildman–Crippen MR) is 93.0 cm³/mol. The molecule has 0 aliphatic heterocycles. The largest absolute Gasteiger partial charge is 0.465 e. The molecular weight excluding hydrogens is 334 g/mol. The Morgan fingerprint density at radius 2 is 2.09 bits per heavy atom. The lowest BCUT2D eigenvalue weighted by Crippen LogP contribution is -2.00. The fraction of sp³-hybridized carbons (Fsp3) is 0.188. The first kappa shape index (κ1) is 15.7. The molecule has 0 fully saturated rings. The second-order valence-electron chi connectivity index (χ2n) is 5.06. The second-order valence-corrected chi connectivity index (χ2v) is 6.40. The van der Waals surface area contributed by atoms with Crippen LogP contribution in [-0.4, -0.2) is 23.0 Å². The van der Waals surface area contributed by atoms with E-state index in [1.807, 2.05) is 38.1 Å². The van der Waals surface area contributed by atoms with Gasteiger partial charge in [-0.05, 0) is 48.7 Å². The van der Waals surface area contributed by atoms with Crippen LogP contribution in [-0.2, 0) is 4.74 Å². The summed E-state index contributed by atoms with van der Waals surface area (Å²) in [4.78, 5) is 21.5. The smallest absolute Gasteiger partial charge is 0.348 e. The van der Waals surface area contributed by atoms with E-state index >= 15 is 0 Å². The second kappa shape index (κ2) is 6.14. The van der Waals surface area contributed by atoms with E-state index < -0.39 is 0 Å². The zero-order valence-electron chi connectivity index (χ0n) is 12.8. The fourth-order valence-corrected chi connectivity index (χ4v) is 3.67. The minimum absolute atomic E-state index is 0.130. The lowest BCUT2D eigenvalue weighted by atomic mass is 10.2. The number of rotatable bonds is 3. The van der Waals surface area contributed by atoms with Crippen molar-refractivity contribution >= 4 is 50.6 Å². The van der Waals surface area contributed by atoms with Gasteiger partial charge in [0.15, 0.2) is 0 Å². The summed E-state index contributed by atoms with van der Waals surface area (Å²) in [6.45, 7) is 3.86. The molecule has 2 heterocycles. The highest BCUT2D eigenvalue weighted by molar-refractivity contribution is 7.20. The lowest BCUT2D eigenvalue weighted by Gasteiger charge is -2.08. The molecule has 7 heteroatoms. The molecule has 0 atom stereocenters. The summed E-state index contributed by atoms with van der Waals surface area (Å²) in [5, 5.41) is 4.17. The fourth-order valence-electron chi connectivity index (χ4n) is 2.35. The Morgan fingerprint density at radius 1 is 1.30 bits per heavy atom. The molecule has 3 aromatic rings. The summed E-state index contributed by atoms with van der Waals surface area (Å²) in [6, 6.07) is 7.92. The average molecular weight is 348 g/mol. The molecule has 118 valence electrons. The number of anilines is 2. The van der Waals surface area contributed by atoms with E-state index in [4.69, 9.17) is 16.3 Å². The number of nitrogens with one attached hydrogen (secondary N) is 1. The molecule has 3 rings (SSSR count). The number of hydrogen-bond donors (Lipinski definition) is 1. The minimum Gasteiger partial charge on any atom is -0.465 e. The number of nitrogens with zero attached hydrogens (tertiary/aromatic N) is 2. The van der Waals surface area contributed by atoms with E-state index in [0.29, 0.717) is 15.5 Å². The van der Waals surface area contributed by atoms with Crippen molar-refractivity contribution in [3.63, 3.8) is 0 Å². The molecule has 0 aliphatic rings. The Morgan fingerprint density at radius 3 is 2.78 bits per heavy atom. The summed E-state index contributed by atoms with van der Waals surface area (Å²) in [5.74, 6) is 0.192. The van der Waals surface area contributed by atoms with Crippen molar-refractivity contribution in [2.24, 2.45) is 0 Å². The quantitative estimate of drug-likeness (QED) is 0.558. The molecule has 0 bridgehead atoms. The molecule has 0 aliphatic carbocycles. The average Bonchev–Trinajstić information content (AvgIpc) is 2.83. The highest BCUT2D eigenvalue weighted by Gasteiger charge is 2.20. The van der Waals surface area contributed by atoms with Crippen LogP contribution in [0, 0.1) is 13.8 Å². The summed E-state index contributed by atoms with van der Waals surface area (Å²) in [6.07, 6.45) is 0. The zero-order chi connectivity index (χ0) is 16.6. The number of carbonyl (C=O) groups is 1. The third-order valence-electron chi connectivity index (χ3n) is 3.41. The van der Waals surface area contributed by atoms with Crippen LogP contribution in [0.25, 0.3) is 10.2 Å². The van der Waals surface area contributed by atoms with Gasteiger partial charge in [-0.3, -0.25) is 0 Å². The van der Waals surface area contributed by atoms with Crippen molar-refractivity contribution in [2.75, 3.05) is 12.4 Å². The third-order valence-corrected chi connectivity index (χ3v) is 4.75. The molecule has 0 amide bonds. The van der Waals surface area contributed by atoms with E-state index in [0.717, 1.165) is 22.2 Å². The summed E-state index contributed by atoms with van der Waals surface area (Å²) < 4.78 is 4.82. The third kappa shape index (κ3) is 3.00. The first-order valence-electron chi connectivity index (χ1n) is 6.88. The summed E-state index contributed by atoms with van der Waals surface area (Å²) >= 11 is 7.27. The Kier molecular flexibility index (Phi) is 4.19. The number of hydrogen-bond acceptors (Lipinski definition) is 6. The Bertz CT molecular complexity index is 908. The molecule has 0 spiro atoms. The van der Waals surface area contributed by atoms with E-state index in [1.54, 1.807) is 0 Å². The van der Waals surface area contributed by atoms with Crippen molar-refractivity contribution in [2.45, 2.75) is 13.8 Å². The Hall–Kier alpha value is -2.18. The number of aryl methyl sites for hydroxylation is 2. The molecule has 2 aromatic heterocycles. The van der Waals surface area contributed by atoms with Gasteiger partial charge in [0.25, 0.3) is 0 Å². The number of ether oxygens (including phenoxy) is 1. The normalized spacial score (nSPS) is 10.8. The van der Waals surface area contributed by atoms with Crippen LogP contribution in [0.2, 0.25) is 5.28 Å². The topological polar surface area (TPSA) is 64.1 Å². The van der Waals surface area contributed by atoms with Crippen molar-refractivity contribution in [1.29, 1.82) is 0 Å². The number of carbonyl (C=O) groups excluding carboxylic acids is 1. The zero-order valence-corrected chi connectivity index (χ0v) is 14.4. The van der Waals surface area contributed by atoms with Crippen molar-refractivity contribution in [3.05, 3.63) is 45.6 Å². The molecule has 0 unspecified atom stereocenters. The molecule has 0 saturated carbocycles. The van der Waals surface area contributed by atoms with Gasteiger partial charge in [0.2, 0.25) is 5.28 Å². The number of thiophene rings is 1. The van der Waals surface area contributed by atoms with Gasteiger partial charge in [-0.2, -0.15) is 4.98 Å². The van der Waals surface area contributed by atoms with Crippen LogP contribution in [0.5, 0.6) is 0 Å². The Balaban J connectivity index is 2.16. The van der Waals surface area contributed by atoms with Crippen molar-refractivity contribution < 1.29 is 9.53 Å². The van der Waals surface area contributed by atoms with Crippen LogP contribution in [0.3, 0.4) is 0 Å². The van der Waals surface area contributed by atoms with Gasteiger partial charge in [-0.1, -0.05) is 12.1 Å². The molecule has 1 N–H and O–H groups in total. The predicted octanol–water partition coefficient (Wildman–Crippen LogP) is 4.49. The van der Waals surface area contributed by atoms with Crippen molar-refractivity contribution in [3.8, 4) is 0 Å². The SMILES string of the molecule is COC(=O)c1sc2nc(Cl)nc(Nc3cccc(C)c3)c2c1C. The maximum Gasteiger partial charge on any atom is 0.348 e. The minimum atomic E-state index is -0.386. The number of benzene rings is 1. The van der Waals surface area contributed by atoms with Gasteiger partial charge in [0.05, 0.1) is 12.5 Å². The first-order valence-corrected chi connectivity index (χ1v) is 8.07. The highest BCUT2D eigenvalue weighted by Crippen LogP contribution is 2.36. The highest BCUT2D eigenvalue weighted by atomic mass is 35.5. The van der Waals surface area contributed by atoms with E-state index in [1.165, 1.54) is 18.4 Å². The summed E-state index contributed by atoms with van der Waals surface area (Å²) in [5.41, 5.74) is 2.80. The van der Waals surface area contributed by atoms with Gasteiger partial charge in [0, 0.05) is 5.69 Å². The monoisotopic (exact) mass is 347 g/mol. The van der Waals surface area contributed by atoms with Crippen LogP contribution in [0.1, 0.15) is 20.8 Å². The first-order chi connectivity index (χ1) is 11.0. The van der Waals surface area contributed by atoms with Gasteiger partial charge in [-0.25, -0.2) is 9.78 Å². The van der Waals surface area contributed by atoms with E-state index in [9.17, 15) is 4.79 Å². The summed E-state index contributed by atoms with van der Waals surface area (Å²) in [7, 11) is 1.36. The lowest BCUT2D eigenvalue weighted by molar-refractivity contribution is 0.0605. The number of halogens is 1. The van der Waals surface area contributed by atoms with Crippen LogP contribution in [0.4, 0.5) is 11.5 Å². The van der Waals surface area contributed by atoms with E-state index in [-0.39, 0.29) is 11.3 Å². The molecule has 1 aromatic carbocycles. The standard InChI is InChI=1S/C16H14ClN3O2S/c1-8-5-4-6-10(7-8)18-13-11-9(2)12(15(21)22-3)23-14(11)20-16(17)19-13/h4-7H,1-3H3,(H,18,19,20). The molecule has 5 nitrogen and oxygen atoms in total. The number of aromatic nitrogens is 2. The number of methoxy groups -OCH3 is 1. The molecular formula is C16H14ClN3O2S. The van der Waals surface area contributed by atoms with Gasteiger partial charge in [-0.15, -0.1) is 11.3 Å². The van der Waals surface area contributed by atoms with E-state index in [2.05, 4.69) is 15.3 Å². The van der Waals surface area contributed by atoms with Crippen LogP contribution < -0.4 is 5.32 Å². The van der Waals surface area contributed by atoms with Gasteiger partial charge < -0.3 is 10.1 Å². The maximum atomic E-state index is 11.9. The maximum absolute atomic E-state index is 11.9.